The molecule has 2 heterocycles. The highest BCUT2D eigenvalue weighted by Gasteiger charge is 2.32. The summed E-state index contributed by atoms with van der Waals surface area (Å²) >= 11 is 0. The van der Waals surface area contributed by atoms with E-state index in [4.69, 9.17) is 5.73 Å². The third kappa shape index (κ3) is 3.65. The van der Waals surface area contributed by atoms with Crippen molar-refractivity contribution in [3.63, 3.8) is 0 Å². The van der Waals surface area contributed by atoms with E-state index < -0.39 is 0 Å². The molecule has 0 spiro atoms. The molecule has 2 fully saturated rings. The van der Waals surface area contributed by atoms with Crippen LogP contribution in [0.1, 0.15) is 19.3 Å². The molecule has 0 aromatic rings. The lowest BCUT2D eigenvalue weighted by Crippen LogP contribution is -2.62. The van der Waals surface area contributed by atoms with Crippen LogP contribution in [0.2, 0.25) is 0 Å². The number of hydrogen-bond donors (Lipinski definition) is 2. The van der Waals surface area contributed by atoms with Crippen LogP contribution in [-0.4, -0.2) is 80.3 Å². The topological polar surface area (TPSA) is 47.8 Å². The predicted octanol–water partition coefficient (Wildman–Crippen LogP) is -0.448. The lowest BCUT2D eigenvalue weighted by atomic mass is 9.91. The van der Waals surface area contributed by atoms with Crippen molar-refractivity contribution in [2.45, 2.75) is 24.8 Å². The minimum atomic E-state index is 0.126. The second-order valence-corrected chi connectivity index (χ2v) is 6.04. The number of piperazine rings is 1. The van der Waals surface area contributed by atoms with Crippen LogP contribution in [0.15, 0.2) is 0 Å². The van der Waals surface area contributed by atoms with E-state index in [2.05, 4.69) is 34.3 Å². The third-order valence-electron chi connectivity index (χ3n) is 4.46. The molecule has 1 unspecified atom stereocenters. The standard InChI is InChI=1S/C13H29N5/c1-16-6-3-4-13(12-14,5-7-16)15-18-10-8-17(2)9-11-18/h15H,3-12,14H2,1-2H3. The van der Waals surface area contributed by atoms with Crippen LogP contribution >= 0.6 is 0 Å². The predicted molar refractivity (Wildman–Crippen MR) is 75.3 cm³/mol. The van der Waals surface area contributed by atoms with Crippen molar-refractivity contribution in [2.24, 2.45) is 5.73 Å². The maximum Gasteiger partial charge on any atom is 0.0460 e. The van der Waals surface area contributed by atoms with Crippen LogP contribution in [0.25, 0.3) is 0 Å². The quantitative estimate of drug-likeness (QED) is 0.715. The zero-order valence-electron chi connectivity index (χ0n) is 12.0. The number of nitrogens with two attached hydrogens (primary N) is 1. The molecule has 5 heteroatoms. The Labute approximate surface area is 111 Å². The Morgan fingerprint density at radius 3 is 2.28 bits per heavy atom. The Balaban J connectivity index is 1.90. The summed E-state index contributed by atoms with van der Waals surface area (Å²) in [6, 6.07) is 0. The molecule has 18 heavy (non-hydrogen) atoms. The van der Waals surface area contributed by atoms with Crippen LogP contribution in [0.5, 0.6) is 0 Å². The van der Waals surface area contributed by atoms with Gasteiger partial charge in [0, 0.05) is 38.3 Å². The van der Waals surface area contributed by atoms with Gasteiger partial charge in [0.05, 0.1) is 0 Å². The molecule has 0 bridgehead atoms. The van der Waals surface area contributed by atoms with Gasteiger partial charge in [0.25, 0.3) is 0 Å². The molecule has 3 N–H and O–H groups in total. The number of likely N-dealkylation sites (N-methyl/N-ethyl adjacent to an activating group) is 1. The van der Waals surface area contributed by atoms with Gasteiger partial charge in [-0.2, -0.15) is 0 Å². The Hall–Kier alpha value is -0.200. The monoisotopic (exact) mass is 255 g/mol. The highest BCUT2D eigenvalue weighted by molar-refractivity contribution is 4.91. The maximum atomic E-state index is 6.08. The summed E-state index contributed by atoms with van der Waals surface area (Å²) in [5.74, 6) is 0. The fourth-order valence-corrected chi connectivity index (χ4v) is 2.94. The smallest absolute Gasteiger partial charge is 0.0460 e. The molecule has 0 aromatic heterocycles. The van der Waals surface area contributed by atoms with Gasteiger partial charge < -0.3 is 15.5 Å². The maximum absolute atomic E-state index is 6.08. The van der Waals surface area contributed by atoms with E-state index in [0.29, 0.717) is 0 Å². The zero-order valence-corrected chi connectivity index (χ0v) is 12.0. The average Bonchev–Trinajstić information content (AvgIpc) is 2.56. The van der Waals surface area contributed by atoms with Crippen molar-refractivity contribution in [1.29, 1.82) is 0 Å². The Morgan fingerprint density at radius 1 is 0.944 bits per heavy atom. The van der Waals surface area contributed by atoms with Crippen molar-refractivity contribution in [3.05, 3.63) is 0 Å². The zero-order chi connectivity index (χ0) is 13.0. The van der Waals surface area contributed by atoms with E-state index in [1.807, 2.05) is 0 Å². The summed E-state index contributed by atoms with van der Waals surface area (Å²) in [6.45, 7) is 7.60. The minimum absolute atomic E-state index is 0.126. The van der Waals surface area contributed by atoms with Crippen LogP contribution in [0, 0.1) is 0 Å². The van der Waals surface area contributed by atoms with Gasteiger partial charge in [-0.15, -0.1) is 0 Å². The van der Waals surface area contributed by atoms with Crippen LogP contribution < -0.4 is 11.2 Å². The van der Waals surface area contributed by atoms with E-state index in [9.17, 15) is 0 Å². The summed E-state index contributed by atoms with van der Waals surface area (Å²) < 4.78 is 0. The highest BCUT2D eigenvalue weighted by atomic mass is 15.5. The van der Waals surface area contributed by atoms with Crippen molar-refractivity contribution in [2.75, 3.05) is 59.9 Å². The fraction of sp³-hybridized carbons (Fsp3) is 1.00. The molecule has 0 aliphatic carbocycles. The van der Waals surface area contributed by atoms with E-state index in [-0.39, 0.29) is 5.54 Å². The fourth-order valence-electron chi connectivity index (χ4n) is 2.94. The number of nitrogens with one attached hydrogen (secondary N) is 1. The van der Waals surface area contributed by atoms with Gasteiger partial charge in [0.2, 0.25) is 0 Å². The van der Waals surface area contributed by atoms with Crippen molar-refractivity contribution in [3.8, 4) is 0 Å². The first-order chi connectivity index (χ1) is 8.63. The minimum Gasteiger partial charge on any atom is -0.329 e. The average molecular weight is 255 g/mol. The molecule has 2 aliphatic rings. The van der Waals surface area contributed by atoms with Crippen LogP contribution in [-0.2, 0) is 0 Å². The van der Waals surface area contributed by atoms with Gasteiger partial charge in [-0.3, -0.25) is 0 Å². The van der Waals surface area contributed by atoms with Crippen LogP contribution in [0.3, 0.4) is 0 Å². The summed E-state index contributed by atoms with van der Waals surface area (Å²) in [7, 11) is 4.40. The first-order valence-corrected chi connectivity index (χ1v) is 7.23. The van der Waals surface area contributed by atoms with E-state index in [0.717, 1.165) is 45.7 Å². The number of hydrazine groups is 1. The Bertz CT molecular complexity index is 252. The number of nitrogens with zero attached hydrogens (tertiary/aromatic N) is 3. The van der Waals surface area contributed by atoms with Crippen LogP contribution in [0.4, 0.5) is 0 Å². The number of rotatable bonds is 3. The number of likely N-dealkylation sites (tertiary alicyclic amines) is 1. The van der Waals surface area contributed by atoms with Gasteiger partial charge in [-0.25, -0.2) is 10.4 Å². The van der Waals surface area contributed by atoms with Crippen molar-refractivity contribution >= 4 is 0 Å². The van der Waals surface area contributed by atoms with E-state index in [1.165, 1.54) is 19.4 Å². The van der Waals surface area contributed by atoms with Gasteiger partial charge in [0.1, 0.15) is 0 Å². The SMILES string of the molecule is CN1CCN(NC2(CN)CCCN(C)CC2)CC1. The second kappa shape index (κ2) is 6.30. The molecule has 5 nitrogen and oxygen atoms in total. The molecule has 0 amide bonds. The Kier molecular flexibility index (Phi) is 4.98. The normalized spacial score (nSPS) is 33.5. The molecular formula is C13H29N5. The van der Waals surface area contributed by atoms with E-state index >= 15 is 0 Å². The molecular weight excluding hydrogens is 226 g/mol. The summed E-state index contributed by atoms with van der Waals surface area (Å²) in [5.41, 5.74) is 9.96. The Morgan fingerprint density at radius 2 is 1.61 bits per heavy atom. The van der Waals surface area contributed by atoms with Gasteiger partial charge in [-0.05, 0) is 46.4 Å². The first kappa shape index (κ1) is 14.2. The molecule has 2 saturated heterocycles. The summed E-state index contributed by atoms with van der Waals surface area (Å²) in [4.78, 5) is 4.80. The molecule has 0 saturated carbocycles. The third-order valence-corrected chi connectivity index (χ3v) is 4.46. The van der Waals surface area contributed by atoms with Gasteiger partial charge in [0.15, 0.2) is 0 Å². The molecule has 0 radical (unpaired) electrons. The lowest BCUT2D eigenvalue weighted by Gasteiger charge is -2.41. The lowest BCUT2D eigenvalue weighted by molar-refractivity contribution is 0.0488. The molecule has 2 aliphatic heterocycles. The van der Waals surface area contributed by atoms with Crippen molar-refractivity contribution in [1.82, 2.24) is 20.2 Å². The van der Waals surface area contributed by atoms with E-state index in [1.54, 1.807) is 0 Å². The van der Waals surface area contributed by atoms with Gasteiger partial charge in [-0.1, -0.05) is 0 Å². The molecule has 2 rings (SSSR count). The first-order valence-electron chi connectivity index (χ1n) is 7.23. The number of hydrogen-bond acceptors (Lipinski definition) is 5. The summed E-state index contributed by atoms with van der Waals surface area (Å²) in [6.07, 6.45) is 3.60. The van der Waals surface area contributed by atoms with Crippen molar-refractivity contribution < 1.29 is 0 Å². The second-order valence-electron chi connectivity index (χ2n) is 6.04. The van der Waals surface area contributed by atoms with Gasteiger partial charge >= 0.3 is 0 Å². The highest BCUT2D eigenvalue weighted by Crippen LogP contribution is 2.21. The molecule has 1 atom stereocenters. The molecule has 0 aromatic carbocycles. The summed E-state index contributed by atoms with van der Waals surface area (Å²) in [5, 5.41) is 2.39. The molecule has 106 valence electrons. The largest absolute Gasteiger partial charge is 0.329 e.